The van der Waals surface area contributed by atoms with Crippen molar-refractivity contribution in [3.8, 4) is 0 Å². The Bertz CT molecular complexity index is 839. The Morgan fingerprint density at radius 3 is 2.88 bits per heavy atom. The van der Waals surface area contributed by atoms with Gasteiger partial charge < -0.3 is 15.4 Å². The quantitative estimate of drug-likeness (QED) is 0.816. The molecule has 1 saturated heterocycles. The van der Waals surface area contributed by atoms with E-state index in [1.165, 1.54) is 16.2 Å². The average Bonchev–Trinajstić information content (AvgIpc) is 3.37. The van der Waals surface area contributed by atoms with Crippen LogP contribution in [-0.4, -0.2) is 40.7 Å². The second kappa shape index (κ2) is 7.42. The van der Waals surface area contributed by atoms with E-state index >= 15 is 0 Å². The minimum atomic E-state index is -0.259. The minimum Gasteiger partial charge on any atom is -0.376 e. The van der Waals surface area contributed by atoms with Crippen LogP contribution in [0.4, 0.5) is 5.00 Å². The van der Waals surface area contributed by atoms with Crippen LogP contribution in [0.2, 0.25) is 0 Å². The molecule has 3 heterocycles. The molecule has 2 aliphatic rings. The molecule has 4 rings (SSSR count). The molecule has 1 fully saturated rings. The van der Waals surface area contributed by atoms with E-state index in [1.54, 1.807) is 6.92 Å². The Hall–Kier alpha value is -1.84. The van der Waals surface area contributed by atoms with Crippen LogP contribution >= 0.6 is 22.9 Å². The summed E-state index contributed by atoms with van der Waals surface area (Å²) in [5.41, 5.74) is 2.29. The van der Waals surface area contributed by atoms with Gasteiger partial charge in [0, 0.05) is 18.0 Å². The molecule has 0 bridgehead atoms. The van der Waals surface area contributed by atoms with Crippen molar-refractivity contribution in [2.75, 3.05) is 18.5 Å². The zero-order valence-electron chi connectivity index (χ0n) is 14.5. The van der Waals surface area contributed by atoms with Crippen LogP contribution in [0.5, 0.6) is 0 Å². The number of ether oxygens (including phenoxy) is 1. The van der Waals surface area contributed by atoms with Crippen LogP contribution in [-0.2, 0) is 17.6 Å². The third-order valence-corrected chi connectivity index (χ3v) is 6.78. The Morgan fingerprint density at radius 2 is 2.15 bits per heavy atom. The van der Waals surface area contributed by atoms with E-state index in [2.05, 4.69) is 20.2 Å². The molecule has 9 heteroatoms. The van der Waals surface area contributed by atoms with Gasteiger partial charge in [-0.15, -0.1) is 16.4 Å². The molecule has 0 spiro atoms. The van der Waals surface area contributed by atoms with E-state index < -0.39 is 0 Å². The van der Waals surface area contributed by atoms with Crippen LogP contribution < -0.4 is 10.6 Å². The van der Waals surface area contributed by atoms with Crippen LogP contribution in [0.3, 0.4) is 0 Å². The highest BCUT2D eigenvalue weighted by Gasteiger charge is 2.29. The second-order valence-corrected chi connectivity index (χ2v) is 8.41. The van der Waals surface area contributed by atoms with E-state index in [-0.39, 0.29) is 17.9 Å². The molecule has 2 amide bonds. The summed E-state index contributed by atoms with van der Waals surface area (Å²) in [7, 11) is 0. The number of thiophene rings is 1. The van der Waals surface area contributed by atoms with Gasteiger partial charge in [0.05, 0.1) is 17.4 Å². The number of fused-ring (bicyclic) bond motifs is 1. The van der Waals surface area contributed by atoms with Crippen molar-refractivity contribution in [2.45, 2.75) is 45.1 Å². The third-order valence-electron chi connectivity index (χ3n) is 4.75. The highest BCUT2D eigenvalue weighted by atomic mass is 32.1. The lowest BCUT2D eigenvalue weighted by Gasteiger charge is -2.12. The summed E-state index contributed by atoms with van der Waals surface area (Å²) in [5.74, 6) is -0.389. The molecule has 2 N–H and O–H groups in total. The summed E-state index contributed by atoms with van der Waals surface area (Å²) in [6, 6.07) is 0. The molecule has 0 unspecified atom stereocenters. The van der Waals surface area contributed by atoms with E-state index in [4.69, 9.17) is 4.74 Å². The zero-order chi connectivity index (χ0) is 18.1. The number of amides is 2. The first-order chi connectivity index (χ1) is 12.6. The fourth-order valence-corrected chi connectivity index (χ4v) is 5.27. The largest absolute Gasteiger partial charge is 0.376 e. The molecule has 0 saturated carbocycles. The lowest BCUT2D eigenvalue weighted by molar-refractivity contribution is 0.0858. The van der Waals surface area contributed by atoms with Crippen LogP contribution in [0.1, 0.15) is 55.4 Å². The molecule has 2 aromatic rings. The van der Waals surface area contributed by atoms with Crippen molar-refractivity contribution in [1.29, 1.82) is 0 Å². The number of aromatic nitrogens is 2. The number of hydrogen-bond donors (Lipinski definition) is 2. The first-order valence-electron chi connectivity index (χ1n) is 8.78. The fourth-order valence-electron chi connectivity index (χ4n) is 3.43. The first-order valence-corrected chi connectivity index (χ1v) is 10.4. The predicted octanol–water partition coefficient (Wildman–Crippen LogP) is 2.56. The van der Waals surface area contributed by atoms with Crippen LogP contribution in [0.25, 0.3) is 0 Å². The molecule has 1 aliphatic heterocycles. The summed E-state index contributed by atoms with van der Waals surface area (Å²) in [4.78, 5) is 27.1. The maximum absolute atomic E-state index is 12.8. The number of carbonyl (C=O) groups excluding carboxylic acids is 2. The number of rotatable bonds is 5. The minimum absolute atomic E-state index is 0.0922. The molecular formula is C17H20N4O3S2. The number of aryl methyl sites for hydroxylation is 2. The van der Waals surface area contributed by atoms with Gasteiger partial charge in [-0.2, -0.15) is 0 Å². The standard InChI is InChI=1S/C17H20N4O3S2/c1-9-14(26-21-20-9)16(23)19-17-13(11-5-2-6-12(11)25-17)15(22)18-8-10-4-3-7-24-10/h10H,2-8H2,1H3,(H,18,22)(H,19,23)/t10-/m0/s1. The van der Waals surface area contributed by atoms with Gasteiger partial charge in [-0.3, -0.25) is 9.59 Å². The molecule has 1 atom stereocenters. The van der Waals surface area contributed by atoms with E-state index in [1.807, 2.05) is 0 Å². The van der Waals surface area contributed by atoms with E-state index in [9.17, 15) is 9.59 Å². The van der Waals surface area contributed by atoms with Gasteiger partial charge in [0.15, 0.2) is 0 Å². The molecule has 1 aliphatic carbocycles. The Kier molecular flexibility index (Phi) is 5.01. The Morgan fingerprint density at radius 1 is 1.27 bits per heavy atom. The van der Waals surface area contributed by atoms with E-state index in [0.29, 0.717) is 27.7 Å². The number of nitrogens with one attached hydrogen (secondary N) is 2. The average molecular weight is 393 g/mol. The molecule has 0 radical (unpaired) electrons. The van der Waals surface area contributed by atoms with Crippen molar-refractivity contribution in [3.05, 3.63) is 26.6 Å². The zero-order valence-corrected chi connectivity index (χ0v) is 16.1. The maximum atomic E-state index is 12.8. The van der Waals surface area contributed by atoms with Gasteiger partial charge in [-0.05, 0) is 56.1 Å². The molecular weight excluding hydrogens is 372 g/mol. The molecule has 26 heavy (non-hydrogen) atoms. The number of hydrogen-bond acceptors (Lipinski definition) is 7. The lowest BCUT2D eigenvalue weighted by atomic mass is 10.1. The van der Waals surface area contributed by atoms with Gasteiger partial charge in [-0.25, -0.2) is 0 Å². The summed E-state index contributed by atoms with van der Waals surface area (Å²) >= 11 is 2.57. The number of carbonyl (C=O) groups is 2. The molecule has 138 valence electrons. The normalized spacial score (nSPS) is 18.7. The highest BCUT2D eigenvalue weighted by molar-refractivity contribution is 7.17. The van der Waals surface area contributed by atoms with Crippen LogP contribution in [0.15, 0.2) is 0 Å². The summed E-state index contributed by atoms with van der Waals surface area (Å²) in [6.45, 7) is 3.02. The van der Waals surface area contributed by atoms with Crippen molar-refractivity contribution >= 4 is 39.7 Å². The summed E-state index contributed by atoms with van der Waals surface area (Å²) in [6.07, 6.45) is 5.00. The van der Waals surface area contributed by atoms with Crippen molar-refractivity contribution < 1.29 is 14.3 Å². The first kappa shape index (κ1) is 17.6. The molecule has 0 aromatic carbocycles. The van der Waals surface area contributed by atoms with Gasteiger partial charge in [0.1, 0.15) is 9.88 Å². The summed E-state index contributed by atoms with van der Waals surface area (Å²) in [5, 5.41) is 10.4. The predicted molar refractivity (Wildman–Crippen MR) is 100 cm³/mol. The van der Waals surface area contributed by atoms with Gasteiger partial charge in [0.2, 0.25) is 0 Å². The molecule has 7 nitrogen and oxygen atoms in total. The fraction of sp³-hybridized carbons (Fsp3) is 0.529. The van der Waals surface area contributed by atoms with Crippen LogP contribution in [0, 0.1) is 6.92 Å². The SMILES string of the molecule is Cc1nnsc1C(=O)Nc1sc2c(c1C(=O)NC[C@@H]1CCCO1)CCC2. The van der Waals surface area contributed by atoms with E-state index in [0.717, 1.165) is 55.8 Å². The monoisotopic (exact) mass is 392 g/mol. The smallest absolute Gasteiger partial charge is 0.269 e. The topological polar surface area (TPSA) is 93.2 Å². The summed E-state index contributed by atoms with van der Waals surface area (Å²) < 4.78 is 9.38. The second-order valence-electron chi connectivity index (χ2n) is 6.55. The lowest BCUT2D eigenvalue weighted by Crippen LogP contribution is -2.32. The van der Waals surface area contributed by atoms with Gasteiger partial charge in [-0.1, -0.05) is 4.49 Å². The number of anilines is 1. The Labute approximate surface area is 159 Å². The maximum Gasteiger partial charge on any atom is 0.269 e. The van der Waals surface area contributed by atoms with Gasteiger partial charge >= 0.3 is 0 Å². The highest BCUT2D eigenvalue weighted by Crippen LogP contribution is 2.39. The van der Waals surface area contributed by atoms with Crippen molar-refractivity contribution in [3.63, 3.8) is 0 Å². The Balaban J connectivity index is 1.54. The number of nitrogens with zero attached hydrogens (tertiary/aromatic N) is 2. The van der Waals surface area contributed by atoms with Crippen molar-refractivity contribution in [2.24, 2.45) is 0 Å². The van der Waals surface area contributed by atoms with Gasteiger partial charge in [0.25, 0.3) is 11.8 Å². The molecule has 2 aromatic heterocycles. The third kappa shape index (κ3) is 3.38. The van der Waals surface area contributed by atoms with Crippen molar-refractivity contribution in [1.82, 2.24) is 14.9 Å².